The largest absolute Gasteiger partial charge is 0.310 e. The van der Waals surface area contributed by atoms with Crippen molar-refractivity contribution < 1.29 is 9.59 Å². The minimum atomic E-state index is -0.793. The number of amides is 2. The molecule has 2 aromatic rings. The van der Waals surface area contributed by atoms with Crippen LogP contribution in [0.1, 0.15) is 54.1 Å². The molecule has 0 N–H and O–H groups in total. The van der Waals surface area contributed by atoms with Crippen molar-refractivity contribution in [3.8, 4) is 0 Å². The maximum atomic E-state index is 13.1. The Balaban J connectivity index is 1.85. The molecular weight excluding hydrogens is 324 g/mol. The van der Waals surface area contributed by atoms with Gasteiger partial charge in [0.25, 0.3) is 5.91 Å². The van der Waals surface area contributed by atoms with Crippen LogP contribution in [0, 0.1) is 0 Å². The van der Waals surface area contributed by atoms with Gasteiger partial charge in [0.15, 0.2) is 5.66 Å². The summed E-state index contributed by atoms with van der Waals surface area (Å²) < 4.78 is 0. The number of carbonyl (C=O) groups is 2. The Kier molecular flexibility index (Phi) is 4.27. The molecule has 4 heteroatoms. The van der Waals surface area contributed by atoms with Crippen molar-refractivity contribution in [1.82, 2.24) is 9.80 Å². The molecule has 1 fully saturated rings. The number of fused-ring (bicyclic) bond motifs is 3. The quantitative estimate of drug-likeness (QED) is 0.772. The second kappa shape index (κ2) is 6.60. The third-order valence-electron chi connectivity index (χ3n) is 5.58. The highest BCUT2D eigenvalue weighted by Gasteiger charge is 2.59. The van der Waals surface area contributed by atoms with Crippen molar-refractivity contribution in [2.75, 3.05) is 13.1 Å². The van der Waals surface area contributed by atoms with Crippen molar-refractivity contribution in [2.45, 2.75) is 38.3 Å². The molecule has 2 aliphatic rings. The number of carbonyl (C=O) groups excluding carboxylic acids is 2. The second-order valence-electron chi connectivity index (χ2n) is 7.04. The summed E-state index contributed by atoms with van der Waals surface area (Å²) >= 11 is 0. The molecule has 0 saturated carbocycles. The number of unbranched alkanes of at least 4 members (excludes halogenated alkanes) is 2. The lowest BCUT2D eigenvalue weighted by atomic mass is 9.89. The van der Waals surface area contributed by atoms with Gasteiger partial charge in [-0.15, -0.1) is 0 Å². The SMILES string of the molecule is CCCCCC(=O)N1CCN2C(=O)c3ccccc3C12c1ccccc1. The number of benzene rings is 2. The summed E-state index contributed by atoms with van der Waals surface area (Å²) in [5.41, 5.74) is 1.83. The average molecular weight is 348 g/mol. The first-order valence-electron chi connectivity index (χ1n) is 9.48. The van der Waals surface area contributed by atoms with Gasteiger partial charge >= 0.3 is 0 Å². The molecule has 2 aromatic carbocycles. The van der Waals surface area contributed by atoms with E-state index in [0.717, 1.165) is 30.4 Å². The first-order valence-corrected chi connectivity index (χ1v) is 9.48. The van der Waals surface area contributed by atoms with Gasteiger partial charge in [0, 0.05) is 36.2 Å². The second-order valence-corrected chi connectivity index (χ2v) is 7.04. The topological polar surface area (TPSA) is 40.6 Å². The molecule has 1 atom stereocenters. The minimum absolute atomic E-state index is 0.0216. The van der Waals surface area contributed by atoms with Gasteiger partial charge in [0.2, 0.25) is 5.91 Å². The zero-order valence-electron chi connectivity index (χ0n) is 15.1. The van der Waals surface area contributed by atoms with E-state index in [2.05, 4.69) is 6.92 Å². The fourth-order valence-electron chi connectivity index (χ4n) is 4.43. The van der Waals surface area contributed by atoms with E-state index in [1.807, 2.05) is 64.4 Å². The molecule has 0 aliphatic carbocycles. The lowest BCUT2D eigenvalue weighted by Gasteiger charge is -2.40. The van der Waals surface area contributed by atoms with Crippen molar-refractivity contribution in [2.24, 2.45) is 0 Å². The monoisotopic (exact) mass is 348 g/mol. The summed E-state index contributed by atoms with van der Waals surface area (Å²) in [7, 11) is 0. The molecule has 1 saturated heterocycles. The highest BCUT2D eigenvalue weighted by molar-refractivity contribution is 6.02. The molecular formula is C22H24N2O2. The Bertz CT molecular complexity index is 833. The van der Waals surface area contributed by atoms with E-state index in [-0.39, 0.29) is 11.8 Å². The summed E-state index contributed by atoms with van der Waals surface area (Å²) in [6.07, 6.45) is 3.57. The van der Waals surface area contributed by atoms with Crippen molar-refractivity contribution >= 4 is 11.8 Å². The van der Waals surface area contributed by atoms with E-state index in [1.165, 1.54) is 0 Å². The molecule has 26 heavy (non-hydrogen) atoms. The number of hydrogen-bond donors (Lipinski definition) is 0. The van der Waals surface area contributed by atoms with Crippen LogP contribution in [-0.2, 0) is 10.5 Å². The molecule has 0 radical (unpaired) electrons. The van der Waals surface area contributed by atoms with Crippen LogP contribution < -0.4 is 0 Å². The van der Waals surface area contributed by atoms with E-state index in [9.17, 15) is 9.59 Å². The third kappa shape index (κ3) is 2.28. The van der Waals surface area contributed by atoms with Gasteiger partial charge in [-0.3, -0.25) is 9.59 Å². The minimum Gasteiger partial charge on any atom is -0.310 e. The van der Waals surface area contributed by atoms with Crippen LogP contribution >= 0.6 is 0 Å². The van der Waals surface area contributed by atoms with E-state index in [1.54, 1.807) is 0 Å². The van der Waals surface area contributed by atoms with E-state index in [4.69, 9.17) is 0 Å². The van der Waals surface area contributed by atoms with Crippen molar-refractivity contribution in [3.63, 3.8) is 0 Å². The lowest BCUT2D eigenvalue weighted by Crippen LogP contribution is -2.51. The van der Waals surface area contributed by atoms with E-state index in [0.29, 0.717) is 25.1 Å². The van der Waals surface area contributed by atoms with E-state index >= 15 is 0 Å². The predicted octanol–water partition coefficient (Wildman–Crippen LogP) is 3.77. The van der Waals surface area contributed by atoms with Gasteiger partial charge in [-0.2, -0.15) is 0 Å². The Morgan fingerprint density at radius 1 is 1.00 bits per heavy atom. The number of rotatable bonds is 5. The Morgan fingerprint density at radius 2 is 1.73 bits per heavy atom. The van der Waals surface area contributed by atoms with Crippen molar-refractivity contribution in [3.05, 3.63) is 71.3 Å². The van der Waals surface area contributed by atoms with E-state index < -0.39 is 5.66 Å². The van der Waals surface area contributed by atoms with Crippen LogP contribution in [0.2, 0.25) is 0 Å². The Hall–Kier alpha value is -2.62. The molecule has 4 rings (SSSR count). The molecule has 4 nitrogen and oxygen atoms in total. The normalized spacial score (nSPS) is 21.0. The highest BCUT2D eigenvalue weighted by Crippen LogP contribution is 2.49. The zero-order chi connectivity index (χ0) is 18.1. The first kappa shape index (κ1) is 16.8. The van der Waals surface area contributed by atoms with Gasteiger partial charge in [-0.25, -0.2) is 0 Å². The van der Waals surface area contributed by atoms with Crippen LogP contribution in [0.25, 0.3) is 0 Å². The third-order valence-corrected chi connectivity index (χ3v) is 5.58. The molecule has 1 unspecified atom stereocenters. The van der Waals surface area contributed by atoms with Crippen LogP contribution in [0.5, 0.6) is 0 Å². The van der Waals surface area contributed by atoms with Gasteiger partial charge in [-0.1, -0.05) is 68.3 Å². The molecule has 0 aromatic heterocycles. The Labute approximate surface area is 154 Å². The van der Waals surface area contributed by atoms with Gasteiger partial charge in [0.05, 0.1) is 0 Å². The van der Waals surface area contributed by atoms with Gasteiger partial charge < -0.3 is 9.80 Å². The fourth-order valence-corrected chi connectivity index (χ4v) is 4.43. The van der Waals surface area contributed by atoms with Crippen LogP contribution in [0.15, 0.2) is 54.6 Å². The standard InChI is InChI=1S/C22H24N2O2/c1-2-3-5-14-20(25)23-15-16-24-21(26)18-12-8-9-13-19(18)22(23,24)17-10-6-4-7-11-17/h4,6-13H,2-3,5,14-16H2,1H3. The Morgan fingerprint density at radius 3 is 2.50 bits per heavy atom. The summed E-state index contributed by atoms with van der Waals surface area (Å²) in [4.78, 5) is 30.0. The number of hydrogen-bond acceptors (Lipinski definition) is 2. The smallest absolute Gasteiger partial charge is 0.256 e. The molecule has 2 amide bonds. The summed E-state index contributed by atoms with van der Waals surface area (Å²) in [6.45, 7) is 3.29. The number of nitrogens with zero attached hydrogens (tertiary/aromatic N) is 2. The molecule has 0 bridgehead atoms. The molecule has 0 spiro atoms. The van der Waals surface area contributed by atoms with Crippen LogP contribution in [0.3, 0.4) is 0 Å². The zero-order valence-corrected chi connectivity index (χ0v) is 15.1. The van der Waals surface area contributed by atoms with Gasteiger partial charge in [0.1, 0.15) is 0 Å². The van der Waals surface area contributed by atoms with Crippen LogP contribution in [-0.4, -0.2) is 34.7 Å². The predicted molar refractivity (Wildman–Crippen MR) is 101 cm³/mol. The summed E-state index contributed by atoms with van der Waals surface area (Å²) in [5, 5.41) is 0. The van der Waals surface area contributed by atoms with Crippen molar-refractivity contribution in [1.29, 1.82) is 0 Å². The summed E-state index contributed by atoms with van der Waals surface area (Å²) in [6, 6.07) is 17.7. The summed E-state index contributed by atoms with van der Waals surface area (Å²) in [5.74, 6) is 0.155. The maximum absolute atomic E-state index is 13.1. The van der Waals surface area contributed by atoms with Gasteiger partial charge in [-0.05, 0) is 12.5 Å². The highest BCUT2D eigenvalue weighted by atomic mass is 16.2. The maximum Gasteiger partial charge on any atom is 0.256 e. The fraction of sp³-hybridized carbons (Fsp3) is 0.364. The molecule has 2 aliphatic heterocycles. The first-order chi connectivity index (χ1) is 12.7. The average Bonchev–Trinajstić information content (AvgIpc) is 3.19. The molecule has 2 heterocycles. The molecule has 134 valence electrons. The lowest BCUT2D eigenvalue weighted by molar-refractivity contribution is -0.136. The van der Waals surface area contributed by atoms with Crippen LogP contribution in [0.4, 0.5) is 0 Å².